The van der Waals surface area contributed by atoms with Gasteiger partial charge in [-0.05, 0) is 77.0 Å². The largest absolute Gasteiger partial charge is 0.472 e. The Morgan fingerprint density at radius 1 is 0.583 bits per heavy atom. The highest BCUT2D eigenvalue weighted by molar-refractivity contribution is 7.47. The zero-order valence-corrected chi connectivity index (χ0v) is 39.0. The zero-order valence-electron chi connectivity index (χ0n) is 38.1. The lowest BCUT2D eigenvalue weighted by Gasteiger charge is -2.24. The molecule has 0 spiro atoms. The van der Waals surface area contributed by atoms with Gasteiger partial charge in [0.2, 0.25) is 0 Å². The fraction of sp³-hybridized carbons (Fsp3) is 0.708. The van der Waals surface area contributed by atoms with Gasteiger partial charge in [0.1, 0.15) is 19.8 Å². The lowest BCUT2D eigenvalue weighted by Crippen LogP contribution is -2.37. The molecular formula is C48H85NO10P+. The van der Waals surface area contributed by atoms with Crippen LogP contribution >= 0.6 is 7.82 Å². The van der Waals surface area contributed by atoms with Crippen molar-refractivity contribution in [2.45, 2.75) is 173 Å². The number of phosphoric acid groups is 1. The summed E-state index contributed by atoms with van der Waals surface area (Å²) in [5.41, 5.74) is 0. The Bertz CT molecular complexity index is 1290. The maximum absolute atomic E-state index is 12.7. The first kappa shape index (κ1) is 57.4. The number of aliphatic hydroxyl groups is 2. The Kier molecular flexibility index (Phi) is 37.5. The van der Waals surface area contributed by atoms with Gasteiger partial charge in [0.25, 0.3) is 0 Å². The van der Waals surface area contributed by atoms with Crippen LogP contribution in [0.1, 0.15) is 155 Å². The number of unbranched alkanes of at least 4 members (excludes halogenated alkanes) is 10. The number of quaternary nitrogens is 1. The van der Waals surface area contributed by atoms with E-state index in [2.05, 4.69) is 68.5 Å². The highest BCUT2D eigenvalue weighted by atomic mass is 31.2. The van der Waals surface area contributed by atoms with Crippen molar-refractivity contribution in [3.63, 3.8) is 0 Å². The summed E-state index contributed by atoms with van der Waals surface area (Å²) in [6, 6.07) is 0. The molecule has 3 N–H and O–H groups in total. The molecule has 11 nitrogen and oxygen atoms in total. The van der Waals surface area contributed by atoms with Gasteiger partial charge in [-0.25, -0.2) is 4.57 Å². The Morgan fingerprint density at radius 2 is 1.10 bits per heavy atom. The SMILES string of the molecule is CCCCC/C=C\C/C=C\C/C=C\C/C=C\C/C=C\CCC(=O)O[C@H](COC(=O)CCCCCCC[C@@H](O)[C@H](O)C/C=C\CCCCC)COP(=O)(O)OCC[N+](C)(C)C. The van der Waals surface area contributed by atoms with Crippen LogP contribution in [-0.4, -0.2) is 97.3 Å². The first-order valence-electron chi connectivity index (χ1n) is 22.8. The van der Waals surface area contributed by atoms with Crippen molar-refractivity contribution in [2.24, 2.45) is 0 Å². The third-order valence-electron chi connectivity index (χ3n) is 9.42. The Balaban J connectivity index is 4.60. The molecule has 0 heterocycles. The number of ether oxygens (including phenoxy) is 2. The summed E-state index contributed by atoms with van der Waals surface area (Å²) in [4.78, 5) is 35.4. The molecular weight excluding hydrogens is 781 g/mol. The fourth-order valence-corrected chi connectivity index (χ4v) is 6.41. The molecule has 0 bridgehead atoms. The van der Waals surface area contributed by atoms with Gasteiger partial charge in [-0.15, -0.1) is 0 Å². The summed E-state index contributed by atoms with van der Waals surface area (Å²) < 4.78 is 34.1. The monoisotopic (exact) mass is 867 g/mol. The lowest BCUT2D eigenvalue weighted by atomic mass is 10.0. The molecule has 0 rings (SSSR count). The number of carbonyl (C=O) groups excluding carboxylic acids is 2. The second-order valence-electron chi connectivity index (χ2n) is 16.4. The first-order valence-corrected chi connectivity index (χ1v) is 24.3. The molecule has 0 saturated carbocycles. The number of likely N-dealkylation sites (N-methyl/N-ethyl adjacent to an activating group) is 1. The Labute approximate surface area is 364 Å². The molecule has 0 saturated heterocycles. The van der Waals surface area contributed by atoms with E-state index >= 15 is 0 Å². The molecule has 4 atom stereocenters. The van der Waals surface area contributed by atoms with Crippen molar-refractivity contribution in [1.82, 2.24) is 0 Å². The van der Waals surface area contributed by atoms with Crippen LogP contribution < -0.4 is 0 Å². The molecule has 0 aliphatic heterocycles. The van der Waals surface area contributed by atoms with E-state index < -0.39 is 44.7 Å². The van der Waals surface area contributed by atoms with Gasteiger partial charge in [-0.3, -0.25) is 18.6 Å². The van der Waals surface area contributed by atoms with Crippen molar-refractivity contribution in [1.29, 1.82) is 0 Å². The van der Waals surface area contributed by atoms with Crippen LogP contribution in [0.15, 0.2) is 72.9 Å². The van der Waals surface area contributed by atoms with Gasteiger partial charge < -0.3 is 29.1 Å². The number of allylic oxidation sites excluding steroid dienone is 11. The summed E-state index contributed by atoms with van der Waals surface area (Å²) in [6.45, 7) is 4.05. The predicted octanol–water partition coefficient (Wildman–Crippen LogP) is 11.0. The molecule has 0 aromatic rings. The van der Waals surface area contributed by atoms with Crippen molar-refractivity contribution in [3.05, 3.63) is 72.9 Å². The van der Waals surface area contributed by atoms with E-state index in [1.54, 1.807) is 0 Å². The molecule has 12 heteroatoms. The Morgan fingerprint density at radius 3 is 1.67 bits per heavy atom. The standard InChI is InChI=1S/C48H84NO10P/c1-6-8-10-12-14-15-16-17-18-19-20-21-22-23-24-25-26-30-35-39-48(53)59-44(43-58-60(54,55)57-41-40-49(3,4)5)42-56-47(52)38-34-31-27-29-33-37-46(51)45(50)36-32-28-13-11-9-7-2/h14-15,17-18,20-21,23-24,26,28,30,32,44-46,50-51H,6-13,16,19,22,25,27,29,31,33-43H2,1-5H3/p+1/b15-14-,18-17-,21-20-,24-23-,30-26-,32-28-/t44-,45-,46-/m1/s1. The van der Waals surface area contributed by atoms with Gasteiger partial charge in [-0.2, -0.15) is 0 Å². The van der Waals surface area contributed by atoms with E-state index in [0.29, 0.717) is 36.7 Å². The summed E-state index contributed by atoms with van der Waals surface area (Å²) in [7, 11) is 1.33. The smallest absolute Gasteiger partial charge is 0.462 e. The van der Waals surface area contributed by atoms with Crippen molar-refractivity contribution >= 4 is 19.8 Å². The maximum atomic E-state index is 12.7. The molecule has 0 aliphatic rings. The molecule has 0 aliphatic carbocycles. The molecule has 1 unspecified atom stereocenters. The molecule has 0 amide bonds. The van der Waals surface area contributed by atoms with E-state index in [9.17, 15) is 29.3 Å². The van der Waals surface area contributed by atoms with E-state index in [1.807, 2.05) is 39.4 Å². The van der Waals surface area contributed by atoms with Crippen molar-refractivity contribution in [2.75, 3.05) is 47.5 Å². The van der Waals surface area contributed by atoms with Crippen LogP contribution in [0, 0.1) is 0 Å². The highest BCUT2D eigenvalue weighted by Gasteiger charge is 2.27. The molecule has 346 valence electrons. The van der Waals surface area contributed by atoms with Gasteiger partial charge >= 0.3 is 19.8 Å². The first-order chi connectivity index (χ1) is 28.8. The summed E-state index contributed by atoms with van der Waals surface area (Å²) in [5.74, 6) is -1.01. The lowest BCUT2D eigenvalue weighted by molar-refractivity contribution is -0.870. The zero-order chi connectivity index (χ0) is 44.6. The molecule has 0 radical (unpaired) electrons. The Hall–Kier alpha value is -2.63. The minimum absolute atomic E-state index is 0.0104. The van der Waals surface area contributed by atoms with Crippen LogP contribution in [0.3, 0.4) is 0 Å². The average molecular weight is 867 g/mol. The summed E-state index contributed by atoms with van der Waals surface area (Å²) in [6.07, 6.45) is 41.3. The molecule has 0 aromatic carbocycles. The second kappa shape index (κ2) is 39.2. The van der Waals surface area contributed by atoms with Crippen LogP contribution in [0.25, 0.3) is 0 Å². The summed E-state index contributed by atoms with van der Waals surface area (Å²) in [5, 5.41) is 20.5. The van der Waals surface area contributed by atoms with Crippen LogP contribution in [0.5, 0.6) is 0 Å². The van der Waals surface area contributed by atoms with E-state index in [1.165, 1.54) is 38.5 Å². The van der Waals surface area contributed by atoms with Crippen LogP contribution in [0.4, 0.5) is 0 Å². The third-order valence-corrected chi connectivity index (χ3v) is 10.4. The number of phosphoric ester groups is 1. The quantitative estimate of drug-likeness (QED) is 0.0179. The van der Waals surface area contributed by atoms with Gasteiger partial charge in [-0.1, -0.05) is 138 Å². The average Bonchev–Trinajstić information content (AvgIpc) is 3.19. The number of carbonyl (C=O) groups is 2. The minimum Gasteiger partial charge on any atom is -0.462 e. The highest BCUT2D eigenvalue weighted by Crippen LogP contribution is 2.43. The molecule has 0 aromatic heterocycles. The van der Waals surface area contributed by atoms with E-state index in [4.69, 9.17) is 18.5 Å². The molecule has 0 fully saturated rings. The number of rotatable bonds is 40. The van der Waals surface area contributed by atoms with E-state index in [0.717, 1.165) is 64.2 Å². The van der Waals surface area contributed by atoms with Gasteiger partial charge in [0.05, 0.1) is 40.0 Å². The normalized spacial score (nSPS) is 15.3. The van der Waals surface area contributed by atoms with Gasteiger partial charge in [0.15, 0.2) is 6.10 Å². The van der Waals surface area contributed by atoms with Crippen molar-refractivity contribution in [3.8, 4) is 0 Å². The number of esters is 2. The molecule has 60 heavy (non-hydrogen) atoms. The third kappa shape index (κ3) is 40.8. The van der Waals surface area contributed by atoms with Gasteiger partial charge in [0, 0.05) is 12.8 Å². The fourth-order valence-electron chi connectivity index (χ4n) is 5.67. The number of aliphatic hydroxyl groups excluding tert-OH is 2. The minimum atomic E-state index is -4.44. The maximum Gasteiger partial charge on any atom is 0.472 e. The number of hydrogen-bond acceptors (Lipinski definition) is 9. The topological polar surface area (TPSA) is 149 Å². The number of nitrogens with zero attached hydrogens (tertiary/aromatic N) is 1. The summed E-state index contributed by atoms with van der Waals surface area (Å²) >= 11 is 0. The van der Waals surface area contributed by atoms with E-state index in [-0.39, 0.29) is 26.1 Å². The second-order valence-corrected chi connectivity index (χ2v) is 17.8. The van der Waals surface area contributed by atoms with Crippen molar-refractivity contribution < 1.29 is 52.3 Å². The van der Waals surface area contributed by atoms with Crippen LogP contribution in [0.2, 0.25) is 0 Å². The number of hydrogen-bond donors (Lipinski definition) is 3. The predicted molar refractivity (Wildman–Crippen MR) is 245 cm³/mol. The van der Waals surface area contributed by atoms with Crippen LogP contribution in [-0.2, 0) is 32.7 Å².